The van der Waals surface area contributed by atoms with Crippen LogP contribution in [0.25, 0.3) is 0 Å². The average Bonchev–Trinajstić information content (AvgIpc) is 2.74. The molecule has 108 valence electrons. The van der Waals surface area contributed by atoms with Gasteiger partial charge in [0.15, 0.2) is 0 Å². The number of nitrogens with zero attached hydrogens (tertiary/aromatic N) is 1. The molecule has 21 heavy (non-hydrogen) atoms. The second-order valence-corrected chi connectivity index (χ2v) is 4.58. The molecule has 0 radical (unpaired) electrons. The van der Waals surface area contributed by atoms with Gasteiger partial charge in [0.25, 0.3) is 0 Å². The molecule has 3 rings (SSSR count). The van der Waals surface area contributed by atoms with Gasteiger partial charge in [-0.05, 0) is 35.9 Å². The fraction of sp³-hybridized carbons (Fsp3) is 0.133. The van der Waals surface area contributed by atoms with E-state index in [0.717, 1.165) is 11.3 Å². The maximum atomic E-state index is 12.1. The van der Waals surface area contributed by atoms with Crippen molar-refractivity contribution >= 4 is 17.3 Å². The summed E-state index contributed by atoms with van der Waals surface area (Å²) in [6.07, 6.45) is -4.44. The van der Waals surface area contributed by atoms with Crippen LogP contribution in [0, 0.1) is 0 Å². The van der Waals surface area contributed by atoms with Crippen LogP contribution >= 0.6 is 0 Å². The zero-order valence-corrected chi connectivity index (χ0v) is 10.7. The molecule has 1 aliphatic heterocycles. The Morgan fingerprint density at radius 3 is 2.33 bits per heavy atom. The monoisotopic (exact) mass is 293 g/mol. The number of carbonyl (C=O) groups excluding carboxylic acids is 1. The smallest absolute Gasteiger partial charge is 0.406 e. The van der Waals surface area contributed by atoms with Crippen LogP contribution in [0.3, 0.4) is 0 Å². The Morgan fingerprint density at radius 2 is 1.67 bits per heavy atom. The SMILES string of the molecule is O=C1Cc2ccccc2N1c1ccc(OC(F)(F)F)cc1. The second kappa shape index (κ2) is 4.80. The number of anilines is 2. The molecule has 1 amide bonds. The molecule has 0 fully saturated rings. The van der Waals surface area contributed by atoms with Crippen LogP contribution < -0.4 is 9.64 Å². The molecular formula is C15H10F3NO2. The Labute approximate surface area is 118 Å². The van der Waals surface area contributed by atoms with Gasteiger partial charge >= 0.3 is 6.36 Å². The van der Waals surface area contributed by atoms with Gasteiger partial charge in [0.1, 0.15) is 5.75 Å². The molecule has 0 spiro atoms. The normalized spacial score (nSPS) is 14.2. The zero-order chi connectivity index (χ0) is 15.0. The minimum atomic E-state index is -4.72. The van der Waals surface area contributed by atoms with Crippen LogP contribution in [-0.2, 0) is 11.2 Å². The lowest BCUT2D eigenvalue weighted by atomic mass is 10.2. The summed E-state index contributed by atoms with van der Waals surface area (Å²) in [6, 6.07) is 12.6. The van der Waals surface area contributed by atoms with Gasteiger partial charge in [-0.3, -0.25) is 9.69 Å². The molecule has 2 aromatic carbocycles. The molecule has 0 aromatic heterocycles. The number of carbonyl (C=O) groups is 1. The van der Waals surface area contributed by atoms with Crippen molar-refractivity contribution in [1.29, 1.82) is 0 Å². The molecule has 0 saturated carbocycles. The van der Waals surface area contributed by atoms with Crippen LogP contribution in [0.2, 0.25) is 0 Å². The van der Waals surface area contributed by atoms with Crippen molar-refractivity contribution in [1.82, 2.24) is 0 Å². The predicted molar refractivity (Wildman–Crippen MR) is 70.4 cm³/mol. The molecule has 1 aliphatic rings. The van der Waals surface area contributed by atoms with E-state index in [9.17, 15) is 18.0 Å². The van der Waals surface area contributed by atoms with Crippen molar-refractivity contribution in [3.05, 3.63) is 54.1 Å². The lowest BCUT2D eigenvalue weighted by Gasteiger charge is -2.18. The molecule has 0 saturated heterocycles. The van der Waals surface area contributed by atoms with E-state index in [0.29, 0.717) is 5.69 Å². The van der Waals surface area contributed by atoms with Crippen LogP contribution in [0.1, 0.15) is 5.56 Å². The molecule has 6 heteroatoms. The number of fused-ring (bicyclic) bond motifs is 1. The number of benzene rings is 2. The van der Waals surface area contributed by atoms with Gasteiger partial charge in [-0.25, -0.2) is 0 Å². The quantitative estimate of drug-likeness (QED) is 0.842. The van der Waals surface area contributed by atoms with Gasteiger partial charge in [-0.2, -0.15) is 0 Å². The average molecular weight is 293 g/mol. The van der Waals surface area contributed by atoms with Crippen LogP contribution in [0.5, 0.6) is 5.75 Å². The van der Waals surface area contributed by atoms with Gasteiger partial charge in [-0.1, -0.05) is 18.2 Å². The van der Waals surface area contributed by atoms with Crippen molar-refractivity contribution < 1.29 is 22.7 Å². The Balaban J connectivity index is 1.90. The number of hydrogen-bond donors (Lipinski definition) is 0. The standard InChI is InChI=1S/C15H10F3NO2/c16-15(17,18)21-12-7-5-11(6-8-12)19-13-4-2-1-3-10(13)9-14(19)20/h1-8H,9H2. The summed E-state index contributed by atoms with van der Waals surface area (Å²) >= 11 is 0. The summed E-state index contributed by atoms with van der Waals surface area (Å²) < 4.78 is 40.2. The van der Waals surface area contributed by atoms with Gasteiger partial charge in [0.05, 0.1) is 12.1 Å². The van der Waals surface area contributed by atoms with E-state index in [1.165, 1.54) is 29.2 Å². The van der Waals surface area contributed by atoms with Crippen molar-refractivity contribution in [3.63, 3.8) is 0 Å². The largest absolute Gasteiger partial charge is 0.573 e. The summed E-state index contributed by atoms with van der Waals surface area (Å²) in [4.78, 5) is 13.6. The minimum absolute atomic E-state index is 0.110. The van der Waals surface area contributed by atoms with Crippen LogP contribution in [-0.4, -0.2) is 12.3 Å². The highest BCUT2D eigenvalue weighted by atomic mass is 19.4. The predicted octanol–water partition coefficient (Wildman–Crippen LogP) is 3.81. The molecule has 1 heterocycles. The third kappa shape index (κ3) is 2.69. The van der Waals surface area contributed by atoms with Crippen molar-refractivity contribution in [2.45, 2.75) is 12.8 Å². The lowest BCUT2D eigenvalue weighted by Crippen LogP contribution is -2.21. The van der Waals surface area contributed by atoms with E-state index in [1.54, 1.807) is 6.07 Å². The van der Waals surface area contributed by atoms with E-state index < -0.39 is 6.36 Å². The van der Waals surface area contributed by atoms with Gasteiger partial charge in [-0.15, -0.1) is 13.2 Å². The van der Waals surface area contributed by atoms with E-state index in [-0.39, 0.29) is 18.1 Å². The van der Waals surface area contributed by atoms with E-state index in [1.807, 2.05) is 18.2 Å². The molecule has 0 atom stereocenters. The maximum Gasteiger partial charge on any atom is 0.573 e. The number of hydrogen-bond acceptors (Lipinski definition) is 2. The van der Waals surface area contributed by atoms with Crippen molar-refractivity contribution in [2.75, 3.05) is 4.90 Å². The molecule has 0 bridgehead atoms. The highest BCUT2D eigenvalue weighted by molar-refractivity contribution is 6.07. The fourth-order valence-electron chi connectivity index (χ4n) is 2.33. The highest BCUT2D eigenvalue weighted by Crippen LogP contribution is 2.36. The first-order chi connectivity index (χ1) is 9.94. The number of halogens is 3. The molecule has 0 aliphatic carbocycles. The van der Waals surface area contributed by atoms with Crippen molar-refractivity contribution in [2.24, 2.45) is 0 Å². The van der Waals surface area contributed by atoms with E-state index in [2.05, 4.69) is 4.74 Å². The van der Waals surface area contributed by atoms with Crippen molar-refractivity contribution in [3.8, 4) is 5.75 Å². The first kappa shape index (κ1) is 13.5. The summed E-state index contributed by atoms with van der Waals surface area (Å²) in [6.45, 7) is 0. The van der Waals surface area contributed by atoms with Crippen LogP contribution in [0.4, 0.5) is 24.5 Å². The Kier molecular flexibility index (Phi) is 3.08. The number of ether oxygens (including phenoxy) is 1. The number of para-hydroxylation sites is 1. The van der Waals surface area contributed by atoms with Gasteiger partial charge < -0.3 is 4.74 Å². The molecule has 3 nitrogen and oxygen atoms in total. The minimum Gasteiger partial charge on any atom is -0.406 e. The third-order valence-corrected chi connectivity index (χ3v) is 3.15. The Hall–Kier alpha value is -2.50. The Bertz CT molecular complexity index is 680. The zero-order valence-electron chi connectivity index (χ0n) is 10.7. The van der Waals surface area contributed by atoms with E-state index >= 15 is 0 Å². The van der Waals surface area contributed by atoms with Gasteiger partial charge in [0.2, 0.25) is 5.91 Å². The lowest BCUT2D eigenvalue weighted by molar-refractivity contribution is -0.274. The topological polar surface area (TPSA) is 29.5 Å². The molecule has 0 unspecified atom stereocenters. The van der Waals surface area contributed by atoms with Crippen LogP contribution in [0.15, 0.2) is 48.5 Å². The first-order valence-electron chi connectivity index (χ1n) is 6.21. The first-order valence-corrected chi connectivity index (χ1v) is 6.21. The number of rotatable bonds is 2. The number of amides is 1. The second-order valence-electron chi connectivity index (χ2n) is 4.58. The highest BCUT2D eigenvalue weighted by Gasteiger charge is 2.31. The fourth-order valence-corrected chi connectivity index (χ4v) is 2.33. The summed E-state index contributed by atoms with van der Waals surface area (Å²) in [5.74, 6) is -0.424. The summed E-state index contributed by atoms with van der Waals surface area (Å²) in [5.41, 5.74) is 2.17. The number of alkyl halides is 3. The summed E-state index contributed by atoms with van der Waals surface area (Å²) in [5, 5.41) is 0. The Morgan fingerprint density at radius 1 is 1.00 bits per heavy atom. The summed E-state index contributed by atoms with van der Waals surface area (Å²) in [7, 11) is 0. The maximum absolute atomic E-state index is 12.1. The van der Waals surface area contributed by atoms with E-state index in [4.69, 9.17) is 0 Å². The molecule has 0 N–H and O–H groups in total. The molecular weight excluding hydrogens is 283 g/mol. The molecule has 2 aromatic rings. The third-order valence-electron chi connectivity index (χ3n) is 3.15. The van der Waals surface area contributed by atoms with Gasteiger partial charge in [0, 0.05) is 5.69 Å².